The van der Waals surface area contributed by atoms with Crippen molar-refractivity contribution in [2.24, 2.45) is 0 Å². The van der Waals surface area contributed by atoms with Crippen molar-refractivity contribution in [2.45, 2.75) is 32.5 Å². The van der Waals surface area contributed by atoms with Crippen molar-refractivity contribution < 1.29 is 18.8 Å². The van der Waals surface area contributed by atoms with E-state index in [4.69, 9.17) is 22.1 Å². The van der Waals surface area contributed by atoms with Gasteiger partial charge in [0.25, 0.3) is 11.6 Å². The Bertz CT molecular complexity index is 973. The van der Waals surface area contributed by atoms with Gasteiger partial charge in [-0.25, -0.2) is 4.39 Å². The van der Waals surface area contributed by atoms with Gasteiger partial charge in [0.2, 0.25) is 0 Å². The highest BCUT2D eigenvalue weighted by molar-refractivity contribution is 6.33. The average molecular weight is 451 g/mol. The van der Waals surface area contributed by atoms with E-state index in [1.807, 2.05) is 13.8 Å². The van der Waals surface area contributed by atoms with Crippen molar-refractivity contribution >= 4 is 28.9 Å². The molecule has 0 aromatic heterocycles. The molecule has 1 saturated heterocycles. The molecule has 0 radical (unpaired) electrons. The second kappa shape index (κ2) is 9.49. The molecular formula is C21H24ClFN4O4. The van der Waals surface area contributed by atoms with Crippen LogP contribution in [0.3, 0.4) is 0 Å². The van der Waals surface area contributed by atoms with Gasteiger partial charge in [0.15, 0.2) is 6.61 Å². The van der Waals surface area contributed by atoms with Gasteiger partial charge in [0.1, 0.15) is 16.6 Å². The molecular weight excluding hydrogens is 427 g/mol. The van der Waals surface area contributed by atoms with Gasteiger partial charge in [-0.2, -0.15) is 0 Å². The van der Waals surface area contributed by atoms with E-state index in [1.165, 1.54) is 18.2 Å². The zero-order chi connectivity index (χ0) is 22.7. The van der Waals surface area contributed by atoms with E-state index in [0.717, 1.165) is 11.6 Å². The molecule has 1 aliphatic rings. The number of nitro groups is 1. The Hall–Kier alpha value is -2.91. The summed E-state index contributed by atoms with van der Waals surface area (Å²) in [6, 6.07) is 8.77. The van der Waals surface area contributed by atoms with Crippen molar-refractivity contribution in [3.63, 3.8) is 0 Å². The van der Waals surface area contributed by atoms with Crippen molar-refractivity contribution in [2.75, 3.05) is 25.4 Å². The Labute approximate surface area is 184 Å². The van der Waals surface area contributed by atoms with Crippen LogP contribution in [0, 0.1) is 15.9 Å². The molecule has 1 fully saturated rings. The standard InChI is InChI=1S/C21H24ClFN4O4/c1-13-10-26(14(2)9-25(13)11-15-3-5-16(23)6-4-15)21(28)12-31-20-8-19(27(29)30)17(22)7-18(20)24/h3-8,13-14H,9-12,24H2,1-2H3/t13-,14+/m1/s1. The van der Waals surface area contributed by atoms with Gasteiger partial charge in [-0.3, -0.25) is 19.8 Å². The predicted octanol–water partition coefficient (Wildman–Crippen LogP) is 3.47. The van der Waals surface area contributed by atoms with Gasteiger partial charge in [-0.1, -0.05) is 23.7 Å². The topological polar surface area (TPSA) is 102 Å². The van der Waals surface area contributed by atoms with Gasteiger partial charge in [0.05, 0.1) is 16.7 Å². The summed E-state index contributed by atoms with van der Waals surface area (Å²) in [5.41, 5.74) is 6.60. The summed E-state index contributed by atoms with van der Waals surface area (Å²) in [7, 11) is 0. The number of ether oxygens (including phenoxy) is 1. The van der Waals surface area contributed by atoms with Crippen molar-refractivity contribution in [1.29, 1.82) is 0 Å². The Balaban J connectivity index is 1.61. The third kappa shape index (κ3) is 5.42. The van der Waals surface area contributed by atoms with Crippen LogP contribution in [0.25, 0.3) is 0 Å². The predicted molar refractivity (Wildman–Crippen MR) is 115 cm³/mol. The summed E-state index contributed by atoms with van der Waals surface area (Å²) in [6.45, 7) is 5.49. The number of nitrogens with two attached hydrogens (primary N) is 1. The van der Waals surface area contributed by atoms with Crippen LogP contribution >= 0.6 is 11.6 Å². The smallest absolute Gasteiger partial charge is 0.291 e. The van der Waals surface area contributed by atoms with Crippen LogP contribution in [0.5, 0.6) is 5.75 Å². The van der Waals surface area contributed by atoms with E-state index in [2.05, 4.69) is 4.90 Å². The zero-order valence-corrected chi connectivity index (χ0v) is 18.0. The number of amides is 1. The molecule has 0 bridgehead atoms. The number of carbonyl (C=O) groups excluding carboxylic acids is 1. The van der Waals surface area contributed by atoms with Crippen molar-refractivity contribution in [3.05, 3.63) is 62.9 Å². The molecule has 2 aromatic rings. The number of hydrogen-bond donors (Lipinski definition) is 1. The highest BCUT2D eigenvalue weighted by atomic mass is 35.5. The highest BCUT2D eigenvalue weighted by Gasteiger charge is 2.32. The minimum atomic E-state index is -0.638. The van der Waals surface area contributed by atoms with E-state index < -0.39 is 4.92 Å². The molecule has 1 amide bonds. The maximum Gasteiger partial charge on any atom is 0.291 e. The first-order chi connectivity index (χ1) is 14.7. The largest absolute Gasteiger partial charge is 0.481 e. The van der Waals surface area contributed by atoms with Crippen LogP contribution in [-0.2, 0) is 11.3 Å². The molecule has 0 aliphatic carbocycles. The van der Waals surface area contributed by atoms with Crippen LogP contribution in [0.1, 0.15) is 19.4 Å². The molecule has 3 rings (SSSR count). The summed E-state index contributed by atoms with van der Waals surface area (Å²) in [6.07, 6.45) is 0. The lowest BCUT2D eigenvalue weighted by Gasteiger charge is -2.44. The van der Waals surface area contributed by atoms with Crippen molar-refractivity contribution in [1.82, 2.24) is 9.80 Å². The van der Waals surface area contributed by atoms with E-state index in [1.54, 1.807) is 17.0 Å². The first kappa shape index (κ1) is 22.8. The van der Waals surface area contributed by atoms with Gasteiger partial charge in [0, 0.05) is 31.7 Å². The molecule has 10 heteroatoms. The van der Waals surface area contributed by atoms with Crippen molar-refractivity contribution in [3.8, 4) is 5.75 Å². The Morgan fingerprint density at radius 3 is 2.58 bits per heavy atom. The maximum absolute atomic E-state index is 13.1. The molecule has 8 nitrogen and oxygen atoms in total. The number of piperazine rings is 1. The van der Waals surface area contributed by atoms with E-state index in [-0.39, 0.29) is 52.6 Å². The van der Waals surface area contributed by atoms with Crippen LogP contribution < -0.4 is 10.5 Å². The van der Waals surface area contributed by atoms with Crippen LogP contribution in [-0.4, -0.2) is 52.4 Å². The Morgan fingerprint density at radius 1 is 1.26 bits per heavy atom. The van der Waals surface area contributed by atoms with E-state index in [0.29, 0.717) is 19.6 Å². The first-order valence-corrected chi connectivity index (χ1v) is 10.2. The summed E-state index contributed by atoms with van der Waals surface area (Å²) in [5.74, 6) is -0.467. The number of nitro benzene ring substituents is 1. The lowest BCUT2D eigenvalue weighted by molar-refractivity contribution is -0.384. The maximum atomic E-state index is 13.1. The number of hydrogen-bond acceptors (Lipinski definition) is 6. The molecule has 1 heterocycles. The molecule has 2 aromatic carbocycles. The summed E-state index contributed by atoms with van der Waals surface area (Å²) < 4.78 is 18.6. The first-order valence-electron chi connectivity index (χ1n) is 9.80. The third-order valence-electron chi connectivity index (χ3n) is 5.36. The number of rotatable bonds is 6. The second-order valence-electron chi connectivity index (χ2n) is 7.69. The minimum Gasteiger partial charge on any atom is -0.481 e. The molecule has 166 valence electrons. The van der Waals surface area contributed by atoms with Crippen LogP contribution in [0.2, 0.25) is 5.02 Å². The van der Waals surface area contributed by atoms with E-state index >= 15 is 0 Å². The number of nitrogens with zero attached hydrogens (tertiary/aromatic N) is 3. The number of anilines is 1. The average Bonchev–Trinajstić information content (AvgIpc) is 2.71. The van der Waals surface area contributed by atoms with Crippen LogP contribution in [0.4, 0.5) is 15.8 Å². The number of nitrogen functional groups attached to an aromatic ring is 1. The summed E-state index contributed by atoms with van der Waals surface area (Å²) in [5, 5.41) is 11.0. The summed E-state index contributed by atoms with van der Waals surface area (Å²) >= 11 is 5.82. The monoisotopic (exact) mass is 450 g/mol. The molecule has 2 atom stereocenters. The highest BCUT2D eigenvalue weighted by Crippen LogP contribution is 2.34. The lowest BCUT2D eigenvalue weighted by atomic mass is 10.1. The lowest BCUT2D eigenvalue weighted by Crippen LogP contribution is -2.58. The molecule has 0 unspecified atom stereocenters. The SMILES string of the molecule is C[C@@H]1CN(C(=O)COc2cc([N+](=O)[O-])c(Cl)cc2N)[C@@H](C)CN1Cc1ccc(F)cc1. The zero-order valence-electron chi connectivity index (χ0n) is 17.3. The fourth-order valence-corrected chi connectivity index (χ4v) is 3.88. The molecule has 1 aliphatic heterocycles. The Morgan fingerprint density at radius 2 is 1.94 bits per heavy atom. The minimum absolute atomic E-state index is 0.0418. The molecule has 0 saturated carbocycles. The Kier molecular flexibility index (Phi) is 6.97. The summed E-state index contributed by atoms with van der Waals surface area (Å²) in [4.78, 5) is 27.2. The number of halogens is 2. The normalized spacial score (nSPS) is 19.3. The fraction of sp³-hybridized carbons (Fsp3) is 0.381. The third-order valence-corrected chi connectivity index (χ3v) is 5.66. The molecule has 31 heavy (non-hydrogen) atoms. The van der Waals surface area contributed by atoms with Gasteiger partial charge in [-0.05, 0) is 37.6 Å². The number of benzene rings is 2. The van der Waals surface area contributed by atoms with Crippen LogP contribution in [0.15, 0.2) is 36.4 Å². The van der Waals surface area contributed by atoms with Gasteiger partial charge >= 0.3 is 0 Å². The quantitative estimate of drug-likeness (QED) is 0.410. The van der Waals surface area contributed by atoms with E-state index in [9.17, 15) is 19.3 Å². The van der Waals surface area contributed by atoms with Gasteiger partial charge < -0.3 is 15.4 Å². The van der Waals surface area contributed by atoms with Gasteiger partial charge in [-0.15, -0.1) is 0 Å². The fourth-order valence-electron chi connectivity index (χ4n) is 3.64. The second-order valence-corrected chi connectivity index (χ2v) is 8.09. The molecule has 0 spiro atoms. The molecule has 2 N–H and O–H groups in total. The number of carbonyl (C=O) groups is 1.